The molecule has 8 heteroatoms. The van der Waals surface area contributed by atoms with Crippen LogP contribution in [0.2, 0.25) is 0 Å². The number of hydroxylamine groups is 2. The Morgan fingerprint density at radius 2 is 2.28 bits per heavy atom. The lowest BCUT2D eigenvalue weighted by Crippen LogP contribution is -2.37. The number of fused-ring (bicyclic) bond motifs is 1. The van der Waals surface area contributed by atoms with Crippen LogP contribution in [-0.4, -0.2) is 67.0 Å². The fraction of sp³-hybridized carbons (Fsp3) is 0.706. The highest BCUT2D eigenvalue weighted by Gasteiger charge is 2.45. The van der Waals surface area contributed by atoms with Crippen molar-refractivity contribution in [1.29, 1.82) is 0 Å². The van der Waals surface area contributed by atoms with E-state index in [-0.39, 0.29) is 17.9 Å². The molecule has 1 amide bonds. The Labute approximate surface area is 147 Å². The molecule has 4 heterocycles. The molecule has 1 aromatic rings. The highest BCUT2D eigenvalue weighted by molar-refractivity contribution is 5.75. The van der Waals surface area contributed by atoms with Gasteiger partial charge >= 0.3 is 0 Å². The van der Waals surface area contributed by atoms with Gasteiger partial charge in [0.05, 0.1) is 26.4 Å². The summed E-state index contributed by atoms with van der Waals surface area (Å²) in [5.74, 6) is 2.05. The Morgan fingerprint density at radius 3 is 3.08 bits per heavy atom. The second-order valence-corrected chi connectivity index (χ2v) is 6.86. The van der Waals surface area contributed by atoms with Crippen LogP contribution in [-0.2, 0) is 14.4 Å². The predicted molar refractivity (Wildman–Crippen MR) is 89.0 cm³/mol. The molecule has 0 bridgehead atoms. The number of carbonyl (C=O) groups is 1. The molecule has 3 aliphatic heterocycles. The van der Waals surface area contributed by atoms with Gasteiger partial charge < -0.3 is 14.4 Å². The maximum atomic E-state index is 12.5. The molecule has 3 fully saturated rings. The van der Waals surface area contributed by atoms with Crippen LogP contribution >= 0.6 is 0 Å². The quantitative estimate of drug-likeness (QED) is 0.799. The molecule has 0 radical (unpaired) electrons. The first-order chi connectivity index (χ1) is 12.2. The molecule has 0 aromatic carbocycles. The lowest BCUT2D eigenvalue weighted by molar-refractivity contribution is -0.198. The molecular weight excluding hydrogens is 324 g/mol. The number of carbonyl (C=O) groups excluding carboxylic acids is 1. The topological polar surface area (TPSA) is 77.0 Å². The van der Waals surface area contributed by atoms with E-state index in [1.807, 2.05) is 6.07 Å². The van der Waals surface area contributed by atoms with Crippen molar-refractivity contribution in [1.82, 2.24) is 15.0 Å². The van der Waals surface area contributed by atoms with E-state index in [2.05, 4.69) is 14.9 Å². The summed E-state index contributed by atoms with van der Waals surface area (Å²) in [6.07, 6.45) is 4.20. The van der Waals surface area contributed by atoms with Gasteiger partial charge in [-0.15, -0.1) is 0 Å². The van der Waals surface area contributed by atoms with Crippen LogP contribution in [0.1, 0.15) is 19.3 Å². The largest absolute Gasteiger partial charge is 0.481 e. The number of ether oxygens (including phenoxy) is 2. The van der Waals surface area contributed by atoms with Gasteiger partial charge in [0.1, 0.15) is 12.1 Å². The molecule has 3 saturated heterocycles. The van der Waals surface area contributed by atoms with E-state index < -0.39 is 0 Å². The van der Waals surface area contributed by atoms with Crippen LogP contribution in [0.4, 0.5) is 5.82 Å². The van der Waals surface area contributed by atoms with Crippen molar-refractivity contribution in [2.75, 3.05) is 44.9 Å². The van der Waals surface area contributed by atoms with Crippen molar-refractivity contribution in [2.45, 2.75) is 25.4 Å². The third-order valence-electron chi connectivity index (χ3n) is 5.32. The van der Waals surface area contributed by atoms with Crippen molar-refractivity contribution >= 4 is 11.7 Å². The molecule has 3 atom stereocenters. The molecule has 0 unspecified atom stereocenters. The fourth-order valence-electron chi connectivity index (χ4n) is 3.93. The minimum atomic E-state index is 0.0797. The smallest absolute Gasteiger partial charge is 0.246 e. The highest BCUT2D eigenvalue weighted by atomic mass is 16.7. The number of amides is 1. The van der Waals surface area contributed by atoms with Crippen LogP contribution in [0.5, 0.6) is 5.88 Å². The number of aromatic nitrogens is 2. The second kappa shape index (κ2) is 7.13. The molecule has 25 heavy (non-hydrogen) atoms. The molecular formula is C17H24N4O4. The van der Waals surface area contributed by atoms with E-state index in [0.717, 1.165) is 31.7 Å². The molecule has 4 rings (SSSR count). The van der Waals surface area contributed by atoms with Crippen LogP contribution in [0, 0.1) is 11.8 Å². The second-order valence-electron chi connectivity index (χ2n) is 6.86. The summed E-state index contributed by atoms with van der Waals surface area (Å²) in [5.41, 5.74) is 0. The average Bonchev–Trinajstić information content (AvgIpc) is 3.24. The van der Waals surface area contributed by atoms with Gasteiger partial charge in [-0.1, -0.05) is 0 Å². The van der Waals surface area contributed by atoms with Crippen molar-refractivity contribution < 1.29 is 19.1 Å². The van der Waals surface area contributed by atoms with Gasteiger partial charge in [0.25, 0.3) is 0 Å². The zero-order valence-electron chi connectivity index (χ0n) is 14.5. The van der Waals surface area contributed by atoms with Crippen molar-refractivity contribution in [3.05, 3.63) is 12.4 Å². The van der Waals surface area contributed by atoms with Crippen LogP contribution in [0.25, 0.3) is 0 Å². The predicted octanol–water partition coefficient (Wildman–Crippen LogP) is 0.880. The average molecular weight is 348 g/mol. The van der Waals surface area contributed by atoms with E-state index in [1.54, 1.807) is 12.2 Å². The first-order valence-electron chi connectivity index (χ1n) is 8.90. The summed E-state index contributed by atoms with van der Waals surface area (Å²) < 4.78 is 11.1. The molecule has 136 valence electrons. The number of hydrogen-bond acceptors (Lipinski definition) is 7. The van der Waals surface area contributed by atoms with Gasteiger partial charge in [-0.2, -0.15) is 0 Å². The molecule has 0 saturated carbocycles. The third kappa shape index (κ3) is 3.41. The molecule has 3 aliphatic rings. The maximum Gasteiger partial charge on any atom is 0.246 e. The minimum absolute atomic E-state index is 0.0797. The third-order valence-corrected chi connectivity index (χ3v) is 5.32. The van der Waals surface area contributed by atoms with Crippen LogP contribution < -0.4 is 9.64 Å². The lowest BCUT2D eigenvalue weighted by atomic mass is 9.90. The van der Waals surface area contributed by atoms with Gasteiger partial charge in [-0.25, -0.2) is 15.0 Å². The molecule has 0 aliphatic carbocycles. The van der Waals surface area contributed by atoms with Gasteiger partial charge in [0.2, 0.25) is 11.8 Å². The first-order valence-corrected chi connectivity index (χ1v) is 8.90. The molecule has 8 nitrogen and oxygen atoms in total. The van der Waals surface area contributed by atoms with E-state index in [1.165, 1.54) is 6.33 Å². The Bertz CT molecular complexity index is 622. The highest BCUT2D eigenvalue weighted by Crippen LogP contribution is 2.37. The van der Waals surface area contributed by atoms with Gasteiger partial charge in [-0.05, 0) is 18.8 Å². The summed E-state index contributed by atoms with van der Waals surface area (Å²) in [6.45, 7) is 3.62. The zero-order valence-corrected chi connectivity index (χ0v) is 14.5. The lowest BCUT2D eigenvalue weighted by Gasteiger charge is -2.27. The van der Waals surface area contributed by atoms with Gasteiger partial charge in [0.15, 0.2) is 0 Å². The van der Waals surface area contributed by atoms with E-state index in [0.29, 0.717) is 38.0 Å². The SMILES string of the molecule is COc1cc(N2C[C@H]3[C@H](CC(=O)N4CCCCO4)CO[C@H]3C2)ncn1. The van der Waals surface area contributed by atoms with E-state index >= 15 is 0 Å². The van der Waals surface area contributed by atoms with Crippen LogP contribution in [0.15, 0.2) is 12.4 Å². The Morgan fingerprint density at radius 1 is 1.36 bits per heavy atom. The Kier molecular flexibility index (Phi) is 4.72. The number of anilines is 1. The summed E-state index contributed by atoms with van der Waals surface area (Å²) in [6, 6.07) is 1.84. The van der Waals surface area contributed by atoms with E-state index in [9.17, 15) is 4.79 Å². The van der Waals surface area contributed by atoms with Crippen molar-refractivity contribution in [3.8, 4) is 5.88 Å². The van der Waals surface area contributed by atoms with E-state index in [4.69, 9.17) is 14.3 Å². The monoisotopic (exact) mass is 348 g/mol. The number of methoxy groups -OCH3 is 1. The van der Waals surface area contributed by atoms with Crippen molar-refractivity contribution in [3.63, 3.8) is 0 Å². The summed E-state index contributed by atoms with van der Waals surface area (Å²) >= 11 is 0. The molecule has 1 aromatic heterocycles. The summed E-state index contributed by atoms with van der Waals surface area (Å²) in [7, 11) is 1.60. The number of nitrogens with zero attached hydrogens (tertiary/aromatic N) is 4. The van der Waals surface area contributed by atoms with Gasteiger partial charge in [0, 0.05) is 38.0 Å². The van der Waals surface area contributed by atoms with Crippen LogP contribution in [0.3, 0.4) is 0 Å². The number of rotatable bonds is 4. The first kappa shape index (κ1) is 16.5. The Balaban J connectivity index is 1.38. The molecule has 0 N–H and O–H groups in total. The maximum absolute atomic E-state index is 12.5. The summed E-state index contributed by atoms with van der Waals surface area (Å²) in [5, 5.41) is 1.54. The Hall–Kier alpha value is -1.93. The summed E-state index contributed by atoms with van der Waals surface area (Å²) in [4.78, 5) is 28.5. The zero-order chi connectivity index (χ0) is 17.2. The normalized spacial score (nSPS) is 28.9. The fourth-order valence-corrected chi connectivity index (χ4v) is 3.93. The minimum Gasteiger partial charge on any atom is -0.481 e. The van der Waals surface area contributed by atoms with Crippen molar-refractivity contribution in [2.24, 2.45) is 11.8 Å². The number of hydrogen-bond donors (Lipinski definition) is 0. The standard InChI is InChI=1S/C17H24N4O4/c1-23-16-7-15(18-11-19-16)20-8-13-12(10-24-14(13)9-20)6-17(22)21-4-2-3-5-25-21/h7,11-14H,2-6,8-10H2,1H3/t12-,13+,14+/m1/s1. The van der Waals surface area contributed by atoms with Gasteiger partial charge in [-0.3, -0.25) is 9.63 Å². The molecule has 0 spiro atoms.